The maximum absolute atomic E-state index is 4.36. The number of hydrogen-bond acceptors (Lipinski definition) is 3. The van der Waals surface area contributed by atoms with Gasteiger partial charge in [0.15, 0.2) is 0 Å². The third-order valence-electron chi connectivity index (χ3n) is 3.20. The number of rotatable bonds is 3. The molecule has 19 heavy (non-hydrogen) atoms. The van der Waals surface area contributed by atoms with Gasteiger partial charge < -0.3 is 5.32 Å². The predicted octanol–water partition coefficient (Wildman–Crippen LogP) is 4.37. The van der Waals surface area contributed by atoms with Gasteiger partial charge in [0, 0.05) is 21.4 Å². The van der Waals surface area contributed by atoms with Crippen LogP contribution in [0.4, 0.5) is 0 Å². The summed E-state index contributed by atoms with van der Waals surface area (Å²) < 4.78 is 1.16. The lowest BCUT2D eigenvalue weighted by molar-refractivity contribution is 0.692. The zero-order chi connectivity index (χ0) is 13.2. The van der Waals surface area contributed by atoms with Gasteiger partial charge in [-0.05, 0) is 57.7 Å². The molecule has 2 nitrogen and oxygen atoms in total. The van der Waals surface area contributed by atoms with Crippen LogP contribution in [0.15, 0.2) is 51.8 Å². The molecule has 1 aromatic carbocycles. The maximum atomic E-state index is 4.36. The molecule has 0 radical (unpaired) electrons. The second-order valence-electron chi connectivity index (χ2n) is 4.35. The van der Waals surface area contributed by atoms with Crippen LogP contribution in [0.2, 0.25) is 0 Å². The smallest absolute Gasteiger partial charge is 0.0702 e. The number of fused-ring (bicyclic) bond motifs is 1. The third kappa shape index (κ3) is 2.43. The highest BCUT2D eigenvalue weighted by Gasteiger charge is 2.16. The van der Waals surface area contributed by atoms with Crippen LogP contribution in [0.5, 0.6) is 0 Å². The van der Waals surface area contributed by atoms with Crippen LogP contribution in [0.25, 0.3) is 10.9 Å². The van der Waals surface area contributed by atoms with E-state index in [2.05, 4.69) is 61.3 Å². The average molecular weight is 333 g/mol. The molecule has 2 heterocycles. The minimum Gasteiger partial charge on any atom is -0.309 e. The maximum Gasteiger partial charge on any atom is 0.0702 e. The molecule has 0 bridgehead atoms. The lowest BCUT2D eigenvalue weighted by Gasteiger charge is -2.17. The third-order valence-corrected chi connectivity index (χ3v) is 4.95. The summed E-state index contributed by atoms with van der Waals surface area (Å²) in [6.07, 6.45) is 1.83. The second-order valence-corrected chi connectivity index (χ2v) is 5.95. The highest BCUT2D eigenvalue weighted by Crippen LogP contribution is 2.32. The molecule has 0 aliphatic rings. The molecule has 96 valence electrons. The molecular weight excluding hydrogens is 320 g/mol. The Morgan fingerprint density at radius 1 is 1.26 bits per heavy atom. The van der Waals surface area contributed by atoms with Crippen molar-refractivity contribution in [3.8, 4) is 0 Å². The molecule has 1 N–H and O–H groups in total. The molecule has 0 spiro atoms. The first-order valence-electron chi connectivity index (χ1n) is 6.03. The highest BCUT2D eigenvalue weighted by atomic mass is 79.9. The molecule has 4 heteroatoms. The molecule has 1 unspecified atom stereocenters. The van der Waals surface area contributed by atoms with Crippen LogP contribution in [-0.2, 0) is 0 Å². The zero-order valence-electron chi connectivity index (χ0n) is 10.4. The van der Waals surface area contributed by atoms with Crippen LogP contribution in [0, 0.1) is 0 Å². The summed E-state index contributed by atoms with van der Waals surface area (Å²) in [7, 11) is 1.99. The number of benzene rings is 1. The molecule has 0 amide bonds. The average Bonchev–Trinajstić information content (AvgIpc) is 2.86. The van der Waals surface area contributed by atoms with E-state index in [1.165, 1.54) is 16.5 Å². The zero-order valence-corrected chi connectivity index (χ0v) is 12.8. The second kappa shape index (κ2) is 5.41. The van der Waals surface area contributed by atoms with E-state index in [9.17, 15) is 0 Å². The first-order valence-corrected chi connectivity index (χ1v) is 7.76. The van der Waals surface area contributed by atoms with E-state index in [0.29, 0.717) is 0 Å². The largest absolute Gasteiger partial charge is 0.309 e. The van der Waals surface area contributed by atoms with Crippen molar-refractivity contribution in [1.82, 2.24) is 10.3 Å². The summed E-state index contributed by atoms with van der Waals surface area (Å²) in [6.45, 7) is 0. The Balaban J connectivity index is 2.09. The van der Waals surface area contributed by atoms with Crippen molar-refractivity contribution < 1.29 is 0 Å². The summed E-state index contributed by atoms with van der Waals surface area (Å²) in [5.41, 5.74) is 3.56. The van der Waals surface area contributed by atoms with Crippen molar-refractivity contribution >= 4 is 38.2 Å². The van der Waals surface area contributed by atoms with Crippen molar-refractivity contribution in [2.45, 2.75) is 6.04 Å². The summed E-state index contributed by atoms with van der Waals surface area (Å²) in [4.78, 5) is 4.36. The van der Waals surface area contributed by atoms with Crippen molar-refractivity contribution in [2.75, 3.05) is 7.05 Å². The fraction of sp³-hybridized carbons (Fsp3) is 0.133. The van der Waals surface area contributed by atoms with Crippen molar-refractivity contribution in [1.29, 1.82) is 0 Å². The molecule has 0 aliphatic carbocycles. The monoisotopic (exact) mass is 332 g/mol. The minimum atomic E-state index is 0.199. The van der Waals surface area contributed by atoms with Crippen LogP contribution in [0.3, 0.4) is 0 Å². The minimum absolute atomic E-state index is 0.199. The van der Waals surface area contributed by atoms with E-state index in [4.69, 9.17) is 0 Å². The van der Waals surface area contributed by atoms with Crippen LogP contribution in [-0.4, -0.2) is 12.0 Å². The fourth-order valence-electron chi connectivity index (χ4n) is 2.27. The van der Waals surface area contributed by atoms with Gasteiger partial charge in [-0.3, -0.25) is 4.98 Å². The van der Waals surface area contributed by atoms with E-state index in [1.807, 2.05) is 19.3 Å². The van der Waals surface area contributed by atoms with E-state index in [1.54, 1.807) is 11.3 Å². The first kappa shape index (κ1) is 12.8. The normalized spacial score (nSPS) is 12.7. The van der Waals surface area contributed by atoms with E-state index in [-0.39, 0.29) is 6.04 Å². The Kier molecular flexibility index (Phi) is 3.64. The van der Waals surface area contributed by atoms with E-state index < -0.39 is 0 Å². The Morgan fingerprint density at radius 3 is 2.89 bits per heavy atom. The summed E-state index contributed by atoms with van der Waals surface area (Å²) in [5, 5.41) is 8.85. The fourth-order valence-corrected chi connectivity index (χ4v) is 3.82. The molecule has 0 fully saturated rings. The number of nitrogens with one attached hydrogen (secondary N) is 1. The molecule has 0 aliphatic heterocycles. The van der Waals surface area contributed by atoms with Crippen molar-refractivity contribution in [3.63, 3.8) is 0 Å². The SMILES string of the molecule is CNC(c1ccc2ncccc2c1)c1cscc1Br. The molecular formula is C15H13BrN2S. The Hall–Kier alpha value is -1.23. The van der Waals surface area contributed by atoms with Gasteiger partial charge in [0.05, 0.1) is 11.6 Å². The standard InChI is InChI=1S/C15H13BrN2S/c1-17-15(12-8-19-9-13(12)16)11-4-5-14-10(7-11)3-2-6-18-14/h2-9,15,17H,1H3. The van der Waals surface area contributed by atoms with Crippen molar-refractivity contribution in [2.24, 2.45) is 0 Å². The quantitative estimate of drug-likeness (QED) is 0.770. The molecule has 1 atom stereocenters. The molecule has 3 aromatic rings. The van der Waals surface area contributed by atoms with Crippen LogP contribution in [0.1, 0.15) is 17.2 Å². The van der Waals surface area contributed by atoms with E-state index >= 15 is 0 Å². The molecule has 3 rings (SSSR count). The van der Waals surface area contributed by atoms with Gasteiger partial charge in [0.2, 0.25) is 0 Å². The first-order chi connectivity index (χ1) is 9.29. The summed E-state index contributed by atoms with van der Waals surface area (Å²) >= 11 is 5.32. The summed E-state index contributed by atoms with van der Waals surface area (Å²) in [6, 6.07) is 10.7. The Labute approximate surface area is 124 Å². The number of thiophene rings is 1. The number of nitrogens with zero attached hydrogens (tertiary/aromatic N) is 1. The Bertz CT molecular complexity index is 708. The van der Waals surface area contributed by atoms with Gasteiger partial charge in [0.1, 0.15) is 0 Å². The number of hydrogen-bond donors (Lipinski definition) is 1. The van der Waals surface area contributed by atoms with Gasteiger partial charge in [-0.2, -0.15) is 11.3 Å². The van der Waals surface area contributed by atoms with Gasteiger partial charge in [-0.1, -0.05) is 12.1 Å². The predicted molar refractivity (Wildman–Crippen MR) is 84.7 cm³/mol. The molecule has 0 saturated carbocycles. The van der Waals surface area contributed by atoms with Gasteiger partial charge in [-0.25, -0.2) is 0 Å². The number of halogens is 1. The van der Waals surface area contributed by atoms with Gasteiger partial charge >= 0.3 is 0 Å². The lowest BCUT2D eigenvalue weighted by atomic mass is 10.00. The van der Waals surface area contributed by atoms with Crippen LogP contribution < -0.4 is 5.32 Å². The number of aromatic nitrogens is 1. The molecule has 0 saturated heterocycles. The molecule has 2 aromatic heterocycles. The van der Waals surface area contributed by atoms with Crippen molar-refractivity contribution in [3.05, 3.63) is 62.9 Å². The van der Waals surface area contributed by atoms with Crippen LogP contribution >= 0.6 is 27.3 Å². The topological polar surface area (TPSA) is 24.9 Å². The number of pyridine rings is 1. The lowest BCUT2D eigenvalue weighted by Crippen LogP contribution is -2.17. The highest BCUT2D eigenvalue weighted by molar-refractivity contribution is 9.10. The van der Waals surface area contributed by atoms with E-state index in [0.717, 1.165) is 9.99 Å². The van der Waals surface area contributed by atoms with Gasteiger partial charge in [0.25, 0.3) is 0 Å². The van der Waals surface area contributed by atoms with Gasteiger partial charge in [-0.15, -0.1) is 0 Å². The summed E-state index contributed by atoms with van der Waals surface area (Å²) in [5.74, 6) is 0. The Morgan fingerprint density at radius 2 is 2.16 bits per heavy atom.